The third-order valence-electron chi connectivity index (χ3n) is 6.69. The van der Waals surface area contributed by atoms with Crippen LogP contribution >= 0.6 is 0 Å². The Kier molecular flexibility index (Phi) is 8.49. The molecule has 0 unspecified atom stereocenters. The fourth-order valence-electron chi connectivity index (χ4n) is 4.72. The molecule has 0 spiro atoms. The number of amides is 1. The first-order chi connectivity index (χ1) is 18.2. The smallest absolute Gasteiger partial charge is 0.303 e. The third kappa shape index (κ3) is 6.60. The van der Waals surface area contributed by atoms with E-state index in [0.29, 0.717) is 44.3 Å². The second-order valence-electron chi connectivity index (χ2n) is 10.0. The largest absolute Gasteiger partial charge is 0.493 e. The van der Waals surface area contributed by atoms with Crippen molar-refractivity contribution in [1.82, 2.24) is 4.90 Å². The van der Waals surface area contributed by atoms with Gasteiger partial charge in [-0.1, -0.05) is 53.6 Å². The zero-order chi connectivity index (χ0) is 27.3. The molecule has 3 aromatic rings. The third-order valence-corrected chi connectivity index (χ3v) is 6.69. The Morgan fingerprint density at radius 2 is 1.55 bits per heavy atom. The topological polar surface area (TPSA) is 107 Å². The minimum Gasteiger partial charge on any atom is -0.493 e. The van der Waals surface area contributed by atoms with Gasteiger partial charge in [0.15, 0.2) is 0 Å². The van der Waals surface area contributed by atoms with Gasteiger partial charge in [-0.25, -0.2) is 0 Å². The summed E-state index contributed by atoms with van der Waals surface area (Å²) in [4.78, 5) is 25.4. The Hall–Kier alpha value is -3.68. The van der Waals surface area contributed by atoms with Gasteiger partial charge in [-0.15, -0.1) is 0 Å². The van der Waals surface area contributed by atoms with Crippen molar-refractivity contribution < 1.29 is 29.6 Å². The first-order valence-electron chi connectivity index (χ1n) is 13.1. The van der Waals surface area contributed by atoms with Crippen LogP contribution in [0.2, 0.25) is 0 Å². The molecule has 0 radical (unpaired) electrons. The Bertz CT molecular complexity index is 1260. The number of aryl methyl sites for hydroxylation is 2. The van der Waals surface area contributed by atoms with E-state index in [9.17, 15) is 19.8 Å². The van der Waals surface area contributed by atoms with Crippen molar-refractivity contribution in [3.63, 3.8) is 0 Å². The minimum absolute atomic E-state index is 0.0950. The number of hydrogen-bond donors (Lipinski definition) is 3. The molecule has 7 nitrogen and oxygen atoms in total. The number of unbranched alkanes of at least 4 members (excludes halogenated alkanes) is 2. The molecule has 0 bridgehead atoms. The highest BCUT2D eigenvalue weighted by atomic mass is 16.5. The molecule has 7 heteroatoms. The first kappa shape index (κ1) is 27.4. The summed E-state index contributed by atoms with van der Waals surface area (Å²) in [5, 5.41) is 31.5. The number of carbonyl (C=O) groups is 2. The van der Waals surface area contributed by atoms with E-state index in [4.69, 9.17) is 9.84 Å². The first-order valence-corrected chi connectivity index (χ1v) is 13.1. The molecule has 4 rings (SSSR count). The van der Waals surface area contributed by atoms with Crippen LogP contribution in [0.15, 0.2) is 66.7 Å². The van der Waals surface area contributed by atoms with E-state index < -0.39 is 17.8 Å². The van der Waals surface area contributed by atoms with Crippen molar-refractivity contribution in [3.8, 4) is 16.9 Å². The van der Waals surface area contributed by atoms with Crippen LogP contribution in [0.1, 0.15) is 65.6 Å². The molecular formula is C31H35NO6. The molecule has 1 aliphatic rings. The van der Waals surface area contributed by atoms with E-state index in [1.54, 1.807) is 36.4 Å². The molecule has 1 saturated carbocycles. The van der Waals surface area contributed by atoms with Crippen LogP contribution in [-0.2, 0) is 10.7 Å². The monoisotopic (exact) mass is 517 g/mol. The van der Waals surface area contributed by atoms with Crippen molar-refractivity contribution in [1.29, 1.82) is 0 Å². The summed E-state index contributed by atoms with van der Waals surface area (Å²) >= 11 is 0. The summed E-state index contributed by atoms with van der Waals surface area (Å²) in [6, 6.07) is 19.8. The van der Waals surface area contributed by atoms with Gasteiger partial charge in [-0.05, 0) is 81.3 Å². The van der Waals surface area contributed by atoms with E-state index in [1.165, 1.54) is 0 Å². The Morgan fingerprint density at radius 3 is 2.18 bits per heavy atom. The summed E-state index contributed by atoms with van der Waals surface area (Å²) in [5.41, 5.74) is 4.83. The standard InChI is InChI=1S/C31H35NO6/c1-21-18-22(2)20-25(19-21)23-11-13-24(14-12-23)30(35)32(26-15-16-26)31(36,37)27-8-5-6-9-28(27)38-17-7-3-4-10-29(33)34/h5-6,8-9,11-14,18-20,26,36-37H,3-4,7,10,15-17H2,1-2H3,(H,33,34). The number of nitrogens with zero attached hydrogens (tertiary/aromatic N) is 1. The number of para-hydroxylation sites is 1. The Labute approximate surface area is 223 Å². The number of carbonyl (C=O) groups excluding carboxylic acids is 1. The van der Waals surface area contributed by atoms with Gasteiger partial charge in [-0.3, -0.25) is 14.5 Å². The Balaban J connectivity index is 1.52. The zero-order valence-corrected chi connectivity index (χ0v) is 21.9. The summed E-state index contributed by atoms with van der Waals surface area (Å²) in [6.07, 6.45) is 3.34. The predicted octanol–water partition coefficient (Wildman–Crippen LogP) is 5.39. The van der Waals surface area contributed by atoms with Gasteiger partial charge in [0.25, 0.3) is 11.8 Å². The summed E-state index contributed by atoms with van der Waals surface area (Å²) in [5.74, 6) is -3.58. The predicted molar refractivity (Wildman–Crippen MR) is 145 cm³/mol. The summed E-state index contributed by atoms with van der Waals surface area (Å²) < 4.78 is 5.84. The molecule has 0 atom stereocenters. The lowest BCUT2D eigenvalue weighted by Crippen LogP contribution is -2.51. The van der Waals surface area contributed by atoms with Gasteiger partial charge in [0.05, 0.1) is 12.2 Å². The molecule has 1 aliphatic carbocycles. The minimum atomic E-state index is -2.57. The molecule has 1 amide bonds. The number of aliphatic hydroxyl groups is 2. The summed E-state index contributed by atoms with van der Waals surface area (Å²) in [6.45, 7) is 4.39. The maximum absolute atomic E-state index is 13.6. The van der Waals surface area contributed by atoms with Crippen molar-refractivity contribution in [2.24, 2.45) is 0 Å². The molecule has 200 valence electrons. The van der Waals surface area contributed by atoms with Gasteiger partial charge in [0, 0.05) is 18.0 Å². The lowest BCUT2D eigenvalue weighted by Gasteiger charge is -2.36. The number of rotatable bonds is 12. The second-order valence-corrected chi connectivity index (χ2v) is 10.0. The normalized spacial score (nSPS) is 13.3. The van der Waals surface area contributed by atoms with Crippen LogP contribution in [0.3, 0.4) is 0 Å². The van der Waals surface area contributed by atoms with E-state index in [1.807, 2.05) is 26.0 Å². The van der Waals surface area contributed by atoms with Crippen LogP contribution in [0.25, 0.3) is 11.1 Å². The maximum Gasteiger partial charge on any atom is 0.303 e. The van der Waals surface area contributed by atoms with Crippen molar-refractivity contribution in [3.05, 3.63) is 89.0 Å². The van der Waals surface area contributed by atoms with Gasteiger partial charge >= 0.3 is 5.97 Å². The highest BCUT2D eigenvalue weighted by Crippen LogP contribution is 2.40. The lowest BCUT2D eigenvalue weighted by atomic mass is 9.99. The quantitative estimate of drug-likeness (QED) is 0.220. The average molecular weight is 518 g/mol. The number of carboxylic acid groups (broad SMARTS) is 1. The number of carboxylic acids is 1. The lowest BCUT2D eigenvalue weighted by molar-refractivity contribution is -0.259. The maximum atomic E-state index is 13.6. The molecule has 1 fully saturated rings. The molecule has 0 aromatic heterocycles. The number of hydrogen-bond acceptors (Lipinski definition) is 5. The molecule has 38 heavy (non-hydrogen) atoms. The van der Waals surface area contributed by atoms with Gasteiger partial charge in [0.2, 0.25) is 0 Å². The Morgan fingerprint density at radius 1 is 0.895 bits per heavy atom. The van der Waals surface area contributed by atoms with Crippen LogP contribution in [0.5, 0.6) is 5.75 Å². The average Bonchev–Trinajstić information content (AvgIpc) is 3.70. The van der Waals surface area contributed by atoms with Crippen LogP contribution < -0.4 is 4.74 Å². The number of benzene rings is 3. The fourth-order valence-corrected chi connectivity index (χ4v) is 4.72. The molecule has 0 aliphatic heterocycles. The van der Waals surface area contributed by atoms with Crippen molar-refractivity contribution >= 4 is 11.9 Å². The van der Waals surface area contributed by atoms with Crippen LogP contribution in [0, 0.1) is 13.8 Å². The number of ether oxygens (including phenoxy) is 1. The highest BCUT2D eigenvalue weighted by molar-refractivity contribution is 5.95. The fraction of sp³-hybridized carbons (Fsp3) is 0.355. The van der Waals surface area contributed by atoms with Crippen molar-refractivity contribution in [2.75, 3.05) is 6.61 Å². The van der Waals surface area contributed by atoms with E-state index >= 15 is 0 Å². The van der Waals surface area contributed by atoms with E-state index in [-0.39, 0.29) is 23.8 Å². The van der Waals surface area contributed by atoms with E-state index in [2.05, 4.69) is 18.2 Å². The SMILES string of the molecule is Cc1cc(C)cc(-c2ccc(C(=O)N(C3CC3)C(O)(O)c3ccccc3OCCCCCC(=O)O)cc2)c1. The molecular weight excluding hydrogens is 482 g/mol. The second kappa shape index (κ2) is 11.8. The van der Waals surface area contributed by atoms with Crippen molar-refractivity contribution in [2.45, 2.75) is 64.3 Å². The highest BCUT2D eigenvalue weighted by Gasteiger charge is 2.48. The summed E-state index contributed by atoms with van der Waals surface area (Å²) in [7, 11) is 0. The van der Waals surface area contributed by atoms with E-state index in [0.717, 1.165) is 27.2 Å². The number of aliphatic carboxylic acids is 1. The molecule has 3 aromatic carbocycles. The molecule has 0 saturated heterocycles. The van der Waals surface area contributed by atoms with Gasteiger partial charge < -0.3 is 20.1 Å². The molecule has 3 N–H and O–H groups in total. The van der Waals surface area contributed by atoms with Gasteiger partial charge in [0.1, 0.15) is 5.75 Å². The molecule has 0 heterocycles. The van der Waals surface area contributed by atoms with Crippen LogP contribution in [-0.4, -0.2) is 44.7 Å². The van der Waals surface area contributed by atoms with Gasteiger partial charge in [-0.2, -0.15) is 0 Å². The zero-order valence-electron chi connectivity index (χ0n) is 21.9. The van der Waals surface area contributed by atoms with Crippen LogP contribution in [0.4, 0.5) is 0 Å².